The van der Waals surface area contributed by atoms with Gasteiger partial charge in [-0.3, -0.25) is 14.5 Å². The molecule has 0 unspecified atom stereocenters. The van der Waals surface area contributed by atoms with Crippen molar-refractivity contribution < 1.29 is 14.6 Å². The Balaban J connectivity index is 1.53. The van der Waals surface area contributed by atoms with Gasteiger partial charge in [-0.2, -0.15) is 5.10 Å². The van der Waals surface area contributed by atoms with E-state index in [1.165, 1.54) is 11.3 Å². The van der Waals surface area contributed by atoms with E-state index in [0.29, 0.717) is 10.8 Å². The maximum absolute atomic E-state index is 12.0. The number of rotatable bonds is 6. The SMILES string of the molecule is Cc1cc2nc(-c3ccnc(-c4ccc5c(c4)c(C)nn5C)c3)sc2c(-c2ccc(Cl)cc2OC(C)(C)C)c1CC(=O)O. The quantitative estimate of drug-likeness (QED) is 0.203. The second-order valence-electron chi connectivity index (χ2n) is 11.7. The molecule has 3 heterocycles. The number of nitrogens with zero attached hydrogens (tertiary/aromatic N) is 4. The lowest BCUT2D eigenvalue weighted by atomic mass is 9.92. The van der Waals surface area contributed by atoms with Crippen LogP contribution in [0.1, 0.15) is 37.6 Å². The van der Waals surface area contributed by atoms with E-state index >= 15 is 0 Å². The van der Waals surface area contributed by atoms with Gasteiger partial charge in [0.1, 0.15) is 16.4 Å². The van der Waals surface area contributed by atoms with Crippen LogP contribution in [0.15, 0.2) is 60.8 Å². The molecule has 6 aromatic rings. The molecule has 218 valence electrons. The maximum Gasteiger partial charge on any atom is 0.307 e. The number of hydrogen-bond acceptors (Lipinski definition) is 6. The van der Waals surface area contributed by atoms with Crippen molar-refractivity contribution in [3.63, 3.8) is 0 Å². The molecule has 0 atom stereocenters. The van der Waals surface area contributed by atoms with Crippen LogP contribution in [-0.2, 0) is 18.3 Å². The maximum atomic E-state index is 12.0. The van der Waals surface area contributed by atoms with Crippen LogP contribution >= 0.6 is 22.9 Å². The Bertz CT molecular complexity index is 2060. The second kappa shape index (κ2) is 10.8. The first-order valence-corrected chi connectivity index (χ1v) is 15.1. The largest absolute Gasteiger partial charge is 0.487 e. The number of pyridine rings is 1. The number of aryl methyl sites for hydroxylation is 3. The highest BCUT2D eigenvalue weighted by Gasteiger charge is 2.24. The predicted octanol–water partition coefficient (Wildman–Crippen LogP) is 8.65. The molecule has 3 aromatic carbocycles. The summed E-state index contributed by atoms with van der Waals surface area (Å²) in [6, 6.07) is 17.7. The molecule has 7 nitrogen and oxygen atoms in total. The fourth-order valence-corrected chi connectivity index (χ4v) is 6.75. The molecule has 6 rings (SSSR count). The number of hydrogen-bond donors (Lipinski definition) is 1. The molecule has 0 saturated carbocycles. The smallest absolute Gasteiger partial charge is 0.307 e. The lowest BCUT2D eigenvalue weighted by molar-refractivity contribution is -0.136. The lowest BCUT2D eigenvalue weighted by Gasteiger charge is -2.24. The molecule has 1 N–H and O–H groups in total. The zero-order valence-corrected chi connectivity index (χ0v) is 26.4. The predicted molar refractivity (Wildman–Crippen MR) is 174 cm³/mol. The number of fused-ring (bicyclic) bond motifs is 2. The number of benzene rings is 3. The molecular weight excluding hydrogens is 580 g/mol. The number of halogens is 1. The van der Waals surface area contributed by atoms with Crippen LogP contribution in [-0.4, -0.2) is 36.4 Å². The van der Waals surface area contributed by atoms with Gasteiger partial charge in [0, 0.05) is 45.9 Å². The first kappa shape index (κ1) is 28.8. The molecule has 0 radical (unpaired) electrons. The summed E-state index contributed by atoms with van der Waals surface area (Å²) in [7, 11) is 1.95. The van der Waals surface area contributed by atoms with Gasteiger partial charge in [0.2, 0.25) is 0 Å². The molecular formula is C34H31ClN4O3S. The van der Waals surface area contributed by atoms with Crippen LogP contribution in [0, 0.1) is 13.8 Å². The zero-order chi connectivity index (χ0) is 30.6. The summed E-state index contributed by atoms with van der Waals surface area (Å²) in [5.74, 6) is -0.305. The number of thiazole rings is 1. The Morgan fingerprint density at radius 3 is 2.58 bits per heavy atom. The summed E-state index contributed by atoms with van der Waals surface area (Å²) in [6.07, 6.45) is 1.67. The van der Waals surface area contributed by atoms with Gasteiger partial charge in [0.25, 0.3) is 0 Å². The average molecular weight is 611 g/mol. The van der Waals surface area contributed by atoms with Crippen LogP contribution in [0.4, 0.5) is 0 Å². The fraction of sp³-hybridized carbons (Fsp3) is 0.235. The molecule has 3 aromatic heterocycles. The van der Waals surface area contributed by atoms with Crippen molar-refractivity contribution in [2.75, 3.05) is 0 Å². The Kier molecular flexibility index (Phi) is 7.22. The highest BCUT2D eigenvalue weighted by Crippen LogP contribution is 2.45. The zero-order valence-electron chi connectivity index (χ0n) is 24.8. The number of carboxylic acid groups (broad SMARTS) is 1. The molecule has 0 saturated heterocycles. The second-order valence-corrected chi connectivity index (χ2v) is 13.1. The fourth-order valence-electron chi connectivity index (χ4n) is 5.46. The van der Waals surface area contributed by atoms with E-state index in [4.69, 9.17) is 21.3 Å². The van der Waals surface area contributed by atoms with Gasteiger partial charge in [-0.1, -0.05) is 17.7 Å². The summed E-state index contributed by atoms with van der Waals surface area (Å²) < 4.78 is 9.13. The van der Waals surface area contributed by atoms with E-state index < -0.39 is 11.6 Å². The van der Waals surface area contributed by atoms with E-state index in [0.717, 1.165) is 70.9 Å². The Morgan fingerprint density at radius 1 is 1.05 bits per heavy atom. The Morgan fingerprint density at radius 2 is 1.84 bits per heavy atom. The van der Waals surface area contributed by atoms with E-state index in [1.807, 2.05) is 76.7 Å². The molecule has 0 aliphatic heterocycles. The molecule has 0 aliphatic rings. The van der Waals surface area contributed by atoms with Crippen molar-refractivity contribution in [2.24, 2.45) is 7.05 Å². The third-order valence-electron chi connectivity index (χ3n) is 7.31. The van der Waals surface area contributed by atoms with Gasteiger partial charge < -0.3 is 9.84 Å². The van der Waals surface area contributed by atoms with Crippen LogP contribution in [0.5, 0.6) is 5.75 Å². The van der Waals surface area contributed by atoms with Crippen molar-refractivity contribution in [2.45, 2.75) is 46.6 Å². The van der Waals surface area contributed by atoms with Gasteiger partial charge in [-0.15, -0.1) is 11.3 Å². The molecule has 0 amide bonds. The average Bonchev–Trinajstić information content (AvgIpc) is 3.48. The molecule has 0 aliphatic carbocycles. The van der Waals surface area contributed by atoms with Crippen molar-refractivity contribution in [1.82, 2.24) is 19.7 Å². The van der Waals surface area contributed by atoms with Gasteiger partial charge >= 0.3 is 5.97 Å². The van der Waals surface area contributed by atoms with Gasteiger partial charge in [0.15, 0.2) is 0 Å². The third-order valence-corrected chi connectivity index (χ3v) is 8.68. The van der Waals surface area contributed by atoms with E-state index in [2.05, 4.69) is 28.3 Å². The number of carbonyl (C=O) groups is 1. The van der Waals surface area contributed by atoms with Crippen molar-refractivity contribution >= 4 is 50.0 Å². The summed E-state index contributed by atoms with van der Waals surface area (Å²) in [5, 5.41) is 16.9. The monoisotopic (exact) mass is 610 g/mol. The summed E-state index contributed by atoms with van der Waals surface area (Å²) in [5.41, 5.74) is 8.29. The summed E-state index contributed by atoms with van der Waals surface area (Å²) >= 11 is 7.93. The standard InChI is InChI=1S/C34H31ClN4O3S/c1-18-13-27-32(31(24(18)17-30(40)41)23-9-8-22(35)16-29(23)42-34(3,4)5)43-33(37-27)21-11-12-36-26(15-21)20-7-10-28-25(14-20)19(2)38-39(28)6/h7-16H,17H2,1-6H3,(H,40,41). The third kappa shape index (κ3) is 5.60. The minimum Gasteiger partial charge on any atom is -0.487 e. The van der Waals surface area contributed by atoms with Crippen LogP contribution in [0.25, 0.3) is 54.1 Å². The van der Waals surface area contributed by atoms with E-state index in [-0.39, 0.29) is 6.42 Å². The van der Waals surface area contributed by atoms with Gasteiger partial charge in [-0.25, -0.2) is 4.98 Å². The topological polar surface area (TPSA) is 90.1 Å². The van der Waals surface area contributed by atoms with Gasteiger partial charge in [0.05, 0.1) is 33.5 Å². The van der Waals surface area contributed by atoms with Crippen molar-refractivity contribution in [1.29, 1.82) is 0 Å². The van der Waals surface area contributed by atoms with Crippen LogP contribution in [0.2, 0.25) is 5.02 Å². The van der Waals surface area contributed by atoms with Gasteiger partial charge in [-0.05, 0) is 94.3 Å². The minimum atomic E-state index is -0.903. The highest BCUT2D eigenvalue weighted by atomic mass is 35.5. The number of ether oxygens (including phenoxy) is 1. The molecule has 0 spiro atoms. The van der Waals surface area contributed by atoms with Crippen molar-refractivity contribution in [3.8, 4) is 38.7 Å². The first-order valence-electron chi connectivity index (χ1n) is 13.9. The Labute approximate surface area is 258 Å². The van der Waals surface area contributed by atoms with Crippen LogP contribution < -0.4 is 4.74 Å². The van der Waals surface area contributed by atoms with E-state index in [1.54, 1.807) is 12.3 Å². The number of carboxylic acids is 1. The molecule has 0 bridgehead atoms. The van der Waals surface area contributed by atoms with E-state index in [9.17, 15) is 9.90 Å². The lowest BCUT2D eigenvalue weighted by Crippen LogP contribution is -2.23. The normalized spacial score (nSPS) is 11.9. The Hall–Kier alpha value is -4.27. The summed E-state index contributed by atoms with van der Waals surface area (Å²) in [6.45, 7) is 9.86. The number of aromatic nitrogens is 4. The number of aliphatic carboxylic acids is 1. The molecule has 9 heteroatoms. The minimum absolute atomic E-state index is 0.127. The highest BCUT2D eigenvalue weighted by molar-refractivity contribution is 7.22. The molecule has 0 fully saturated rings. The van der Waals surface area contributed by atoms with Crippen molar-refractivity contribution in [3.05, 3.63) is 82.6 Å². The first-order chi connectivity index (χ1) is 20.4. The summed E-state index contributed by atoms with van der Waals surface area (Å²) in [4.78, 5) is 21.7. The van der Waals surface area contributed by atoms with Crippen LogP contribution in [0.3, 0.4) is 0 Å². The molecule has 43 heavy (non-hydrogen) atoms.